The summed E-state index contributed by atoms with van der Waals surface area (Å²) in [5.74, 6) is 0. The minimum Gasteiger partial charge on any atom is -0.369 e. The van der Waals surface area contributed by atoms with E-state index in [0.717, 1.165) is 11.3 Å². The lowest BCUT2D eigenvalue weighted by molar-refractivity contribution is 0.156. The van der Waals surface area contributed by atoms with Crippen molar-refractivity contribution < 1.29 is 8.78 Å². The van der Waals surface area contributed by atoms with E-state index in [9.17, 15) is 8.78 Å². The Morgan fingerprint density at radius 3 is 2.94 bits per heavy atom. The first kappa shape index (κ1) is 12.2. The van der Waals surface area contributed by atoms with Crippen LogP contribution in [0.4, 0.5) is 14.5 Å². The second-order valence-corrected chi connectivity index (χ2v) is 4.43. The van der Waals surface area contributed by atoms with Crippen LogP contribution in [0.15, 0.2) is 18.5 Å². The first-order valence-corrected chi connectivity index (χ1v) is 5.82. The van der Waals surface area contributed by atoms with Crippen molar-refractivity contribution in [2.75, 3.05) is 18.5 Å². The van der Waals surface area contributed by atoms with Gasteiger partial charge < -0.3 is 10.2 Å². The molecule has 5 heteroatoms. The number of nitrogens with zero attached hydrogens (tertiary/aromatic N) is 2. The van der Waals surface area contributed by atoms with E-state index in [-0.39, 0.29) is 6.54 Å². The molecule has 17 heavy (non-hydrogen) atoms. The number of aromatic nitrogens is 1. The highest BCUT2D eigenvalue weighted by molar-refractivity contribution is 5.51. The Labute approximate surface area is 99.8 Å². The van der Waals surface area contributed by atoms with Crippen LogP contribution in [0.1, 0.15) is 18.4 Å². The fourth-order valence-electron chi connectivity index (χ4n) is 1.78. The molecule has 1 saturated carbocycles. The zero-order valence-electron chi connectivity index (χ0n) is 9.87. The number of alkyl halides is 2. The monoisotopic (exact) mass is 241 g/mol. The molecule has 1 aromatic heterocycles. The maximum atomic E-state index is 12.4. The van der Waals surface area contributed by atoms with Gasteiger partial charge in [-0.05, 0) is 18.9 Å². The summed E-state index contributed by atoms with van der Waals surface area (Å²) in [4.78, 5) is 5.63. The summed E-state index contributed by atoms with van der Waals surface area (Å²) >= 11 is 0. The van der Waals surface area contributed by atoms with Crippen LogP contribution < -0.4 is 10.2 Å². The normalized spacial score (nSPS) is 15.3. The van der Waals surface area contributed by atoms with E-state index < -0.39 is 6.43 Å². The van der Waals surface area contributed by atoms with Crippen molar-refractivity contribution in [3.8, 4) is 0 Å². The van der Waals surface area contributed by atoms with Crippen molar-refractivity contribution in [3.63, 3.8) is 0 Å². The minimum atomic E-state index is -2.32. The van der Waals surface area contributed by atoms with E-state index in [1.807, 2.05) is 0 Å². The van der Waals surface area contributed by atoms with Gasteiger partial charge in [0.05, 0.1) is 6.54 Å². The van der Waals surface area contributed by atoms with E-state index in [1.165, 1.54) is 12.8 Å². The standard InChI is InChI=1S/C12H17F2N3/c1-17(8-12(13)14)11-4-5-15-6-9(11)7-16-10-2-3-10/h4-6,10,12,16H,2-3,7-8H2,1H3. The Kier molecular flexibility index (Phi) is 3.89. The quantitative estimate of drug-likeness (QED) is 0.826. The highest BCUT2D eigenvalue weighted by atomic mass is 19.3. The van der Waals surface area contributed by atoms with Crippen molar-refractivity contribution in [2.45, 2.75) is 31.9 Å². The van der Waals surface area contributed by atoms with Crippen molar-refractivity contribution in [3.05, 3.63) is 24.0 Å². The molecule has 3 nitrogen and oxygen atoms in total. The first-order valence-electron chi connectivity index (χ1n) is 5.82. The number of halogens is 2. The van der Waals surface area contributed by atoms with E-state index >= 15 is 0 Å². The molecule has 0 aromatic carbocycles. The Bertz CT molecular complexity index is 367. The molecule has 2 rings (SSSR count). The molecule has 1 fully saturated rings. The summed E-state index contributed by atoms with van der Waals surface area (Å²) in [6, 6.07) is 2.38. The lowest BCUT2D eigenvalue weighted by atomic mass is 10.2. The van der Waals surface area contributed by atoms with E-state index in [4.69, 9.17) is 0 Å². The molecule has 0 spiro atoms. The summed E-state index contributed by atoms with van der Waals surface area (Å²) < 4.78 is 24.7. The molecular weight excluding hydrogens is 224 g/mol. The maximum Gasteiger partial charge on any atom is 0.255 e. The highest BCUT2D eigenvalue weighted by Gasteiger charge is 2.21. The van der Waals surface area contributed by atoms with Crippen molar-refractivity contribution in [2.24, 2.45) is 0 Å². The van der Waals surface area contributed by atoms with Gasteiger partial charge in [0.2, 0.25) is 0 Å². The summed E-state index contributed by atoms with van der Waals surface area (Å²) in [6.07, 6.45) is 3.48. The fraction of sp³-hybridized carbons (Fsp3) is 0.583. The first-order chi connectivity index (χ1) is 8.16. The van der Waals surface area contributed by atoms with Gasteiger partial charge in [0.15, 0.2) is 0 Å². The summed E-state index contributed by atoms with van der Waals surface area (Å²) in [7, 11) is 1.68. The van der Waals surface area contributed by atoms with Crippen LogP contribution in [0.3, 0.4) is 0 Å². The number of anilines is 1. The van der Waals surface area contributed by atoms with Crippen LogP contribution in [0.5, 0.6) is 0 Å². The van der Waals surface area contributed by atoms with Gasteiger partial charge in [0.25, 0.3) is 6.43 Å². The predicted octanol–water partition coefficient (Wildman–Crippen LogP) is 2.03. The van der Waals surface area contributed by atoms with Crippen LogP contribution in [0.25, 0.3) is 0 Å². The number of rotatable bonds is 6. The maximum absolute atomic E-state index is 12.4. The average Bonchev–Trinajstić information content (AvgIpc) is 3.09. The average molecular weight is 241 g/mol. The number of hydrogen-bond donors (Lipinski definition) is 1. The van der Waals surface area contributed by atoms with Gasteiger partial charge in [-0.25, -0.2) is 8.78 Å². The largest absolute Gasteiger partial charge is 0.369 e. The van der Waals surface area contributed by atoms with E-state index in [2.05, 4.69) is 10.3 Å². The minimum absolute atomic E-state index is 0.250. The lowest BCUT2D eigenvalue weighted by Gasteiger charge is -2.21. The molecule has 0 amide bonds. The molecule has 0 unspecified atom stereocenters. The predicted molar refractivity (Wildman–Crippen MR) is 63.4 cm³/mol. The molecule has 94 valence electrons. The van der Waals surface area contributed by atoms with Crippen molar-refractivity contribution >= 4 is 5.69 Å². The van der Waals surface area contributed by atoms with Gasteiger partial charge in [0, 0.05) is 43.3 Å². The summed E-state index contributed by atoms with van der Waals surface area (Å²) in [6.45, 7) is 0.446. The topological polar surface area (TPSA) is 28.2 Å². The number of hydrogen-bond acceptors (Lipinski definition) is 3. The van der Waals surface area contributed by atoms with Gasteiger partial charge in [0.1, 0.15) is 0 Å². The van der Waals surface area contributed by atoms with Gasteiger partial charge in [-0.2, -0.15) is 0 Å². The van der Waals surface area contributed by atoms with Crippen LogP contribution in [-0.2, 0) is 6.54 Å². The van der Waals surface area contributed by atoms with Crippen molar-refractivity contribution in [1.82, 2.24) is 10.3 Å². The van der Waals surface area contributed by atoms with Crippen LogP contribution >= 0.6 is 0 Å². The van der Waals surface area contributed by atoms with E-state index in [1.54, 1.807) is 30.4 Å². The van der Waals surface area contributed by atoms with Crippen LogP contribution in [-0.4, -0.2) is 31.0 Å². The Balaban J connectivity index is 2.02. The second-order valence-electron chi connectivity index (χ2n) is 4.43. The lowest BCUT2D eigenvalue weighted by Crippen LogP contribution is -2.26. The van der Waals surface area contributed by atoms with Crippen LogP contribution in [0, 0.1) is 0 Å². The third kappa shape index (κ3) is 3.63. The van der Waals surface area contributed by atoms with Gasteiger partial charge in [-0.1, -0.05) is 0 Å². The third-order valence-corrected chi connectivity index (χ3v) is 2.86. The smallest absolute Gasteiger partial charge is 0.255 e. The molecule has 1 aliphatic rings. The number of nitrogens with one attached hydrogen (secondary N) is 1. The van der Waals surface area contributed by atoms with Gasteiger partial charge >= 0.3 is 0 Å². The summed E-state index contributed by atoms with van der Waals surface area (Å²) in [5, 5.41) is 3.37. The molecule has 0 aliphatic heterocycles. The van der Waals surface area contributed by atoms with Gasteiger partial charge in [-0.15, -0.1) is 0 Å². The molecular formula is C12H17F2N3. The molecule has 0 bridgehead atoms. The molecule has 1 aliphatic carbocycles. The Morgan fingerprint density at radius 1 is 1.53 bits per heavy atom. The molecule has 1 N–H and O–H groups in total. The molecule has 1 heterocycles. The molecule has 0 saturated heterocycles. The second kappa shape index (κ2) is 5.40. The Hall–Kier alpha value is -1.23. The summed E-state index contributed by atoms with van der Waals surface area (Å²) in [5.41, 5.74) is 1.80. The number of pyridine rings is 1. The molecule has 0 radical (unpaired) electrons. The zero-order valence-corrected chi connectivity index (χ0v) is 9.87. The van der Waals surface area contributed by atoms with Crippen LogP contribution in [0.2, 0.25) is 0 Å². The molecule has 0 atom stereocenters. The Morgan fingerprint density at radius 2 is 2.29 bits per heavy atom. The van der Waals surface area contributed by atoms with Gasteiger partial charge in [-0.3, -0.25) is 4.98 Å². The van der Waals surface area contributed by atoms with Crippen molar-refractivity contribution in [1.29, 1.82) is 0 Å². The fourth-order valence-corrected chi connectivity index (χ4v) is 1.78. The van der Waals surface area contributed by atoms with E-state index in [0.29, 0.717) is 12.6 Å². The highest BCUT2D eigenvalue weighted by Crippen LogP contribution is 2.22. The third-order valence-electron chi connectivity index (χ3n) is 2.86. The SMILES string of the molecule is CN(CC(F)F)c1ccncc1CNC1CC1. The molecule has 1 aromatic rings. The zero-order chi connectivity index (χ0) is 12.3.